The zero-order valence-electron chi connectivity index (χ0n) is 14.7. The fraction of sp³-hybridized carbons (Fsp3) is 0.316. The Balaban J connectivity index is 1.59. The van der Waals surface area contributed by atoms with E-state index in [4.69, 9.17) is 16.3 Å². The maximum absolute atomic E-state index is 13.9. The Morgan fingerprint density at radius 2 is 2.19 bits per heavy atom. The second kappa shape index (κ2) is 8.77. The number of nitrogens with zero attached hydrogens (tertiary/aromatic N) is 3. The van der Waals surface area contributed by atoms with E-state index >= 15 is 0 Å². The lowest BCUT2D eigenvalue weighted by Crippen LogP contribution is -2.24. The molecular weight excluding hydrogens is 373 g/mol. The Morgan fingerprint density at radius 1 is 1.35 bits per heavy atom. The quantitative estimate of drug-likeness (QED) is 0.564. The Hall–Kier alpha value is -1.73. The fourth-order valence-electron chi connectivity index (χ4n) is 2.74. The van der Waals surface area contributed by atoms with Crippen molar-refractivity contribution in [2.45, 2.75) is 12.6 Å². The monoisotopic (exact) mass is 393 g/mol. The minimum Gasteiger partial charge on any atom is -0.365 e. The SMILES string of the molecule is CN(CCOC(c1cccs1)c1ccnn1C)Cc1ccc(Cl)cc1F. The van der Waals surface area contributed by atoms with Crippen LogP contribution in [0.5, 0.6) is 0 Å². The minimum absolute atomic E-state index is 0.150. The van der Waals surface area contributed by atoms with E-state index in [0.29, 0.717) is 30.3 Å². The molecule has 0 N–H and O–H groups in total. The van der Waals surface area contributed by atoms with Gasteiger partial charge in [0.25, 0.3) is 0 Å². The molecule has 0 saturated heterocycles. The van der Waals surface area contributed by atoms with E-state index in [9.17, 15) is 4.39 Å². The number of thiophene rings is 1. The molecule has 0 aliphatic rings. The van der Waals surface area contributed by atoms with Gasteiger partial charge >= 0.3 is 0 Å². The van der Waals surface area contributed by atoms with Crippen molar-refractivity contribution in [2.24, 2.45) is 7.05 Å². The molecule has 2 aromatic heterocycles. The summed E-state index contributed by atoms with van der Waals surface area (Å²) >= 11 is 7.46. The molecular formula is C19H21ClFN3OS. The number of hydrogen-bond acceptors (Lipinski definition) is 4. The van der Waals surface area contributed by atoms with Gasteiger partial charge in [-0.25, -0.2) is 4.39 Å². The van der Waals surface area contributed by atoms with Crippen molar-refractivity contribution in [3.8, 4) is 0 Å². The van der Waals surface area contributed by atoms with E-state index < -0.39 is 0 Å². The normalized spacial score (nSPS) is 12.7. The van der Waals surface area contributed by atoms with Crippen molar-refractivity contribution < 1.29 is 9.13 Å². The number of aromatic nitrogens is 2. The molecule has 0 amide bonds. The fourth-order valence-corrected chi connectivity index (χ4v) is 3.68. The van der Waals surface area contributed by atoms with Crippen LogP contribution in [-0.2, 0) is 18.3 Å². The van der Waals surface area contributed by atoms with E-state index in [2.05, 4.69) is 11.2 Å². The Bertz CT molecular complexity index is 837. The van der Waals surface area contributed by atoms with Crippen LogP contribution in [-0.4, -0.2) is 34.9 Å². The summed E-state index contributed by atoms with van der Waals surface area (Å²) in [6.07, 6.45) is 1.62. The van der Waals surface area contributed by atoms with Gasteiger partial charge in [-0.05, 0) is 36.7 Å². The van der Waals surface area contributed by atoms with Crippen LogP contribution in [0.1, 0.15) is 22.2 Å². The maximum atomic E-state index is 13.9. The van der Waals surface area contributed by atoms with Gasteiger partial charge < -0.3 is 4.74 Å². The van der Waals surface area contributed by atoms with Crippen molar-refractivity contribution in [2.75, 3.05) is 20.2 Å². The number of benzene rings is 1. The van der Waals surface area contributed by atoms with Gasteiger partial charge in [-0.3, -0.25) is 9.58 Å². The summed E-state index contributed by atoms with van der Waals surface area (Å²) in [6.45, 7) is 1.71. The average molecular weight is 394 g/mol. The van der Waals surface area contributed by atoms with Gasteiger partial charge in [-0.15, -0.1) is 11.3 Å². The number of rotatable bonds is 8. The Labute approximate surface area is 161 Å². The van der Waals surface area contributed by atoms with Crippen LogP contribution in [0.4, 0.5) is 4.39 Å². The molecule has 0 saturated carbocycles. The number of likely N-dealkylation sites (N-methyl/N-ethyl adjacent to an activating group) is 1. The van der Waals surface area contributed by atoms with Gasteiger partial charge in [-0.1, -0.05) is 23.7 Å². The molecule has 0 bridgehead atoms. The van der Waals surface area contributed by atoms with Gasteiger partial charge in [0.15, 0.2) is 0 Å². The second-order valence-corrected chi connectivity index (χ2v) is 7.54. The largest absolute Gasteiger partial charge is 0.365 e. The zero-order chi connectivity index (χ0) is 18.5. The molecule has 7 heteroatoms. The number of hydrogen-bond donors (Lipinski definition) is 0. The van der Waals surface area contributed by atoms with E-state index in [1.165, 1.54) is 6.07 Å². The number of ether oxygens (including phenoxy) is 1. The molecule has 4 nitrogen and oxygen atoms in total. The van der Waals surface area contributed by atoms with Crippen molar-refractivity contribution >= 4 is 22.9 Å². The van der Waals surface area contributed by atoms with Crippen molar-refractivity contribution in [1.29, 1.82) is 0 Å². The van der Waals surface area contributed by atoms with Crippen LogP contribution in [0.15, 0.2) is 48.0 Å². The lowest BCUT2D eigenvalue weighted by molar-refractivity contribution is 0.0608. The first-order valence-electron chi connectivity index (χ1n) is 8.30. The lowest BCUT2D eigenvalue weighted by atomic mass is 10.2. The van der Waals surface area contributed by atoms with Gasteiger partial charge in [0.2, 0.25) is 0 Å². The summed E-state index contributed by atoms with van der Waals surface area (Å²) in [7, 11) is 3.86. The van der Waals surface area contributed by atoms with E-state index in [0.717, 1.165) is 10.6 Å². The lowest BCUT2D eigenvalue weighted by Gasteiger charge is -2.21. The second-order valence-electron chi connectivity index (χ2n) is 6.12. The predicted octanol–water partition coefficient (Wildman–Crippen LogP) is 4.51. The molecule has 138 valence electrons. The van der Waals surface area contributed by atoms with Crippen LogP contribution >= 0.6 is 22.9 Å². The van der Waals surface area contributed by atoms with Gasteiger partial charge in [-0.2, -0.15) is 5.10 Å². The molecule has 2 heterocycles. The standard InChI is InChI=1S/C19H21ClFN3OS/c1-23(13-14-5-6-15(20)12-16(14)21)9-10-25-19(18-4-3-11-26-18)17-7-8-22-24(17)2/h3-8,11-12,19H,9-10,13H2,1-2H3. The maximum Gasteiger partial charge on any atom is 0.133 e. The summed E-state index contributed by atoms with van der Waals surface area (Å²) in [5, 5.41) is 6.69. The number of halogens is 2. The van der Waals surface area contributed by atoms with Crippen LogP contribution < -0.4 is 0 Å². The molecule has 0 aliphatic carbocycles. The summed E-state index contributed by atoms with van der Waals surface area (Å²) in [5.41, 5.74) is 1.64. The van der Waals surface area contributed by atoms with Crippen molar-refractivity contribution in [1.82, 2.24) is 14.7 Å². The Kier molecular flexibility index (Phi) is 6.43. The van der Waals surface area contributed by atoms with Crippen LogP contribution in [0, 0.1) is 5.82 Å². The van der Waals surface area contributed by atoms with Gasteiger partial charge in [0, 0.05) is 41.8 Å². The summed E-state index contributed by atoms with van der Waals surface area (Å²) in [5.74, 6) is -0.281. The summed E-state index contributed by atoms with van der Waals surface area (Å²) < 4.78 is 21.9. The molecule has 0 fully saturated rings. The van der Waals surface area contributed by atoms with Crippen LogP contribution in [0.3, 0.4) is 0 Å². The minimum atomic E-state index is -0.281. The highest BCUT2D eigenvalue weighted by atomic mass is 35.5. The van der Waals surface area contributed by atoms with E-state index in [-0.39, 0.29) is 11.9 Å². The molecule has 3 rings (SSSR count). The third-order valence-corrected chi connectivity index (χ3v) is 5.29. The molecule has 0 radical (unpaired) electrons. The topological polar surface area (TPSA) is 30.3 Å². The summed E-state index contributed by atoms with van der Waals surface area (Å²) in [6, 6.07) is 10.8. The van der Waals surface area contributed by atoms with E-state index in [1.54, 1.807) is 29.7 Å². The molecule has 1 atom stereocenters. The third-order valence-electron chi connectivity index (χ3n) is 4.14. The molecule has 3 aromatic rings. The Morgan fingerprint density at radius 3 is 2.85 bits per heavy atom. The summed E-state index contributed by atoms with van der Waals surface area (Å²) in [4.78, 5) is 3.17. The third kappa shape index (κ3) is 4.71. The molecule has 0 spiro atoms. The van der Waals surface area contributed by atoms with Crippen molar-refractivity contribution in [3.05, 3.63) is 74.9 Å². The van der Waals surface area contributed by atoms with Crippen LogP contribution in [0.2, 0.25) is 5.02 Å². The van der Waals surface area contributed by atoms with Gasteiger partial charge in [0.1, 0.15) is 11.9 Å². The van der Waals surface area contributed by atoms with Gasteiger partial charge in [0.05, 0.1) is 12.3 Å². The van der Waals surface area contributed by atoms with E-state index in [1.807, 2.05) is 41.2 Å². The highest BCUT2D eigenvalue weighted by molar-refractivity contribution is 7.10. The first-order valence-corrected chi connectivity index (χ1v) is 9.55. The number of aryl methyl sites for hydroxylation is 1. The van der Waals surface area contributed by atoms with Crippen LogP contribution in [0.25, 0.3) is 0 Å². The predicted molar refractivity (Wildman–Crippen MR) is 103 cm³/mol. The molecule has 1 aromatic carbocycles. The first kappa shape index (κ1) is 19.0. The zero-order valence-corrected chi connectivity index (χ0v) is 16.3. The highest BCUT2D eigenvalue weighted by Gasteiger charge is 2.19. The molecule has 1 unspecified atom stereocenters. The first-order chi connectivity index (χ1) is 12.5. The highest BCUT2D eigenvalue weighted by Crippen LogP contribution is 2.29. The van der Waals surface area contributed by atoms with Crippen molar-refractivity contribution in [3.63, 3.8) is 0 Å². The molecule has 0 aliphatic heterocycles. The molecule has 26 heavy (non-hydrogen) atoms. The smallest absolute Gasteiger partial charge is 0.133 e. The average Bonchev–Trinajstić information content (AvgIpc) is 3.26.